The first-order chi connectivity index (χ1) is 7.18. The Morgan fingerprint density at radius 1 is 1.27 bits per heavy atom. The molecule has 3 heteroatoms. The molecular formula is C12H11NO2. The molecule has 0 fully saturated rings. The maximum atomic E-state index is 10.8. The van der Waals surface area contributed by atoms with Crippen LogP contribution >= 0.6 is 0 Å². The molecule has 0 unspecified atom stereocenters. The molecule has 0 spiro atoms. The third-order valence-electron chi connectivity index (χ3n) is 2.32. The van der Waals surface area contributed by atoms with Crippen molar-refractivity contribution in [1.82, 2.24) is 4.57 Å². The van der Waals surface area contributed by atoms with Crippen LogP contribution in [0.3, 0.4) is 0 Å². The molecule has 0 aliphatic heterocycles. The third-order valence-corrected chi connectivity index (χ3v) is 2.32. The lowest BCUT2D eigenvalue weighted by Gasteiger charge is -2.01. The van der Waals surface area contributed by atoms with Crippen LogP contribution in [0.25, 0.3) is 11.3 Å². The van der Waals surface area contributed by atoms with Crippen molar-refractivity contribution in [2.24, 2.45) is 7.05 Å². The van der Waals surface area contributed by atoms with Crippen LogP contribution in [-0.4, -0.2) is 15.6 Å². The normalized spacial score (nSPS) is 10.2. The molecule has 0 radical (unpaired) electrons. The zero-order valence-electron chi connectivity index (χ0n) is 8.34. The zero-order chi connectivity index (χ0) is 10.8. The number of carbonyl (C=O) groups is 1. The van der Waals surface area contributed by atoms with Crippen LogP contribution in [0.5, 0.6) is 0 Å². The molecule has 0 amide bonds. The van der Waals surface area contributed by atoms with Crippen molar-refractivity contribution in [3.8, 4) is 11.3 Å². The van der Waals surface area contributed by atoms with Gasteiger partial charge in [-0.3, -0.25) is 0 Å². The van der Waals surface area contributed by atoms with Crippen LogP contribution in [0.4, 0.5) is 0 Å². The second kappa shape index (κ2) is 3.61. The highest BCUT2D eigenvalue weighted by Crippen LogP contribution is 2.20. The summed E-state index contributed by atoms with van der Waals surface area (Å²) >= 11 is 0. The largest absolute Gasteiger partial charge is 0.478 e. The van der Waals surface area contributed by atoms with Crippen molar-refractivity contribution in [3.05, 3.63) is 48.2 Å². The van der Waals surface area contributed by atoms with Gasteiger partial charge in [-0.2, -0.15) is 0 Å². The van der Waals surface area contributed by atoms with Gasteiger partial charge in [-0.25, -0.2) is 4.79 Å². The van der Waals surface area contributed by atoms with Crippen LogP contribution in [0, 0.1) is 0 Å². The Kier molecular flexibility index (Phi) is 2.29. The summed E-state index contributed by atoms with van der Waals surface area (Å²) in [5, 5.41) is 8.86. The fourth-order valence-corrected chi connectivity index (χ4v) is 1.58. The molecule has 3 nitrogen and oxygen atoms in total. The van der Waals surface area contributed by atoms with E-state index >= 15 is 0 Å². The molecule has 76 valence electrons. The summed E-state index contributed by atoms with van der Waals surface area (Å²) in [5.41, 5.74) is 2.25. The summed E-state index contributed by atoms with van der Waals surface area (Å²) in [4.78, 5) is 10.8. The highest BCUT2D eigenvalue weighted by atomic mass is 16.4. The van der Waals surface area contributed by atoms with E-state index < -0.39 is 5.97 Å². The number of rotatable bonds is 2. The predicted octanol–water partition coefficient (Wildman–Crippen LogP) is 2.39. The Bertz CT molecular complexity index is 486. The standard InChI is InChI=1S/C12H11NO2/c1-13-8-10(12(14)15)7-11(13)9-5-3-2-4-6-9/h2-8H,1H3,(H,14,15). The van der Waals surface area contributed by atoms with Gasteiger partial charge < -0.3 is 9.67 Å². The summed E-state index contributed by atoms with van der Waals surface area (Å²) in [7, 11) is 1.84. The zero-order valence-corrected chi connectivity index (χ0v) is 8.34. The van der Waals surface area contributed by atoms with E-state index in [0.29, 0.717) is 5.56 Å². The van der Waals surface area contributed by atoms with E-state index in [2.05, 4.69) is 0 Å². The van der Waals surface area contributed by atoms with E-state index in [4.69, 9.17) is 5.11 Å². The Hall–Kier alpha value is -2.03. The first-order valence-corrected chi connectivity index (χ1v) is 4.63. The van der Waals surface area contributed by atoms with Crippen LogP contribution in [0.2, 0.25) is 0 Å². The van der Waals surface area contributed by atoms with Gasteiger partial charge in [0.05, 0.1) is 5.56 Å². The van der Waals surface area contributed by atoms with Crippen molar-refractivity contribution in [3.63, 3.8) is 0 Å². The number of hydrogen-bond acceptors (Lipinski definition) is 1. The molecule has 0 atom stereocenters. The van der Waals surface area contributed by atoms with Gasteiger partial charge in [0.25, 0.3) is 0 Å². The topological polar surface area (TPSA) is 42.2 Å². The van der Waals surface area contributed by atoms with E-state index in [9.17, 15) is 4.79 Å². The molecule has 0 bridgehead atoms. The summed E-state index contributed by atoms with van der Waals surface area (Å²) in [6.07, 6.45) is 1.62. The summed E-state index contributed by atoms with van der Waals surface area (Å²) < 4.78 is 1.82. The highest BCUT2D eigenvalue weighted by molar-refractivity contribution is 5.89. The number of aromatic carboxylic acids is 1. The van der Waals surface area contributed by atoms with Gasteiger partial charge in [0.1, 0.15) is 0 Å². The minimum atomic E-state index is -0.896. The highest BCUT2D eigenvalue weighted by Gasteiger charge is 2.09. The molecule has 1 N–H and O–H groups in total. The molecule has 0 aliphatic carbocycles. The van der Waals surface area contributed by atoms with Crippen LogP contribution in [0.15, 0.2) is 42.6 Å². The molecule has 1 aromatic carbocycles. The average Bonchev–Trinajstić information content (AvgIpc) is 2.62. The predicted molar refractivity (Wildman–Crippen MR) is 57.8 cm³/mol. The third kappa shape index (κ3) is 1.76. The molecule has 1 heterocycles. The Morgan fingerprint density at radius 2 is 1.93 bits per heavy atom. The number of hydrogen-bond donors (Lipinski definition) is 1. The van der Waals surface area contributed by atoms with E-state index in [-0.39, 0.29) is 0 Å². The number of aryl methyl sites for hydroxylation is 1. The molecule has 2 rings (SSSR count). The molecular weight excluding hydrogens is 190 g/mol. The Labute approximate surface area is 87.6 Å². The summed E-state index contributed by atoms with van der Waals surface area (Å²) in [6, 6.07) is 11.4. The first-order valence-electron chi connectivity index (χ1n) is 4.63. The SMILES string of the molecule is Cn1cc(C(=O)O)cc1-c1ccccc1. The fraction of sp³-hybridized carbons (Fsp3) is 0.0833. The van der Waals surface area contributed by atoms with Gasteiger partial charge in [0, 0.05) is 18.9 Å². The molecule has 0 aliphatic rings. The van der Waals surface area contributed by atoms with Crippen LogP contribution in [-0.2, 0) is 7.05 Å². The van der Waals surface area contributed by atoms with Gasteiger partial charge in [-0.1, -0.05) is 30.3 Å². The van der Waals surface area contributed by atoms with Crippen molar-refractivity contribution >= 4 is 5.97 Å². The quantitative estimate of drug-likeness (QED) is 0.810. The van der Waals surface area contributed by atoms with E-state index in [0.717, 1.165) is 11.3 Å². The van der Waals surface area contributed by atoms with Gasteiger partial charge in [0.15, 0.2) is 0 Å². The van der Waals surface area contributed by atoms with Gasteiger partial charge in [-0.05, 0) is 11.6 Å². The average molecular weight is 201 g/mol. The van der Waals surface area contributed by atoms with Crippen LogP contribution < -0.4 is 0 Å². The second-order valence-electron chi connectivity index (χ2n) is 3.40. The lowest BCUT2D eigenvalue weighted by molar-refractivity contribution is 0.0697. The van der Waals surface area contributed by atoms with Crippen molar-refractivity contribution in [2.75, 3.05) is 0 Å². The van der Waals surface area contributed by atoms with Crippen molar-refractivity contribution in [2.45, 2.75) is 0 Å². The molecule has 15 heavy (non-hydrogen) atoms. The van der Waals surface area contributed by atoms with E-state index in [1.54, 1.807) is 12.3 Å². The van der Waals surface area contributed by atoms with Gasteiger partial charge in [0.2, 0.25) is 0 Å². The molecule has 2 aromatic rings. The maximum absolute atomic E-state index is 10.8. The van der Waals surface area contributed by atoms with Crippen molar-refractivity contribution < 1.29 is 9.90 Å². The number of carboxylic acids is 1. The minimum Gasteiger partial charge on any atom is -0.478 e. The summed E-state index contributed by atoms with van der Waals surface area (Å²) in [5.74, 6) is -0.896. The van der Waals surface area contributed by atoms with Gasteiger partial charge in [-0.15, -0.1) is 0 Å². The minimum absolute atomic E-state index is 0.316. The Balaban J connectivity index is 2.50. The monoisotopic (exact) mass is 201 g/mol. The summed E-state index contributed by atoms with van der Waals surface area (Å²) in [6.45, 7) is 0. The van der Waals surface area contributed by atoms with E-state index in [1.807, 2.05) is 41.9 Å². The van der Waals surface area contributed by atoms with Crippen LogP contribution in [0.1, 0.15) is 10.4 Å². The number of nitrogens with zero attached hydrogens (tertiary/aromatic N) is 1. The molecule has 0 saturated heterocycles. The molecule has 1 aromatic heterocycles. The maximum Gasteiger partial charge on any atom is 0.337 e. The number of aromatic nitrogens is 1. The first kappa shape index (κ1) is 9.52. The van der Waals surface area contributed by atoms with E-state index in [1.165, 1.54) is 0 Å². The molecule has 0 saturated carbocycles. The fourth-order valence-electron chi connectivity index (χ4n) is 1.58. The smallest absolute Gasteiger partial charge is 0.337 e. The second-order valence-corrected chi connectivity index (χ2v) is 3.40. The lowest BCUT2D eigenvalue weighted by Crippen LogP contribution is -1.92. The number of benzene rings is 1. The Morgan fingerprint density at radius 3 is 2.47 bits per heavy atom. The van der Waals surface area contributed by atoms with Gasteiger partial charge >= 0.3 is 5.97 Å². The lowest BCUT2D eigenvalue weighted by atomic mass is 10.1. The number of carboxylic acid groups (broad SMARTS) is 1. The van der Waals surface area contributed by atoms with Crippen molar-refractivity contribution in [1.29, 1.82) is 0 Å².